The van der Waals surface area contributed by atoms with E-state index in [2.05, 4.69) is 15.0 Å². The number of carbonyl (C=O) groups is 1. The molecule has 0 radical (unpaired) electrons. The zero-order chi connectivity index (χ0) is 30.8. The van der Waals surface area contributed by atoms with Crippen LogP contribution in [0.4, 0.5) is 5.82 Å². The van der Waals surface area contributed by atoms with Crippen molar-refractivity contribution in [2.75, 3.05) is 12.8 Å². The Morgan fingerprint density at radius 2 is 1.82 bits per heavy atom. The minimum Gasteiger partial charge on any atom is -0.497 e. The number of ether oxygens (including phenoxy) is 2. The molecule has 3 aromatic heterocycles. The number of anilines is 1. The summed E-state index contributed by atoms with van der Waals surface area (Å²) in [5.74, 6) is 0.731. The second kappa shape index (κ2) is 10.2. The first-order valence-corrected chi connectivity index (χ1v) is 14.7. The van der Waals surface area contributed by atoms with Crippen molar-refractivity contribution in [3.63, 3.8) is 0 Å². The number of nitrogens with one attached hydrogen (secondary N) is 1. The van der Waals surface area contributed by atoms with Gasteiger partial charge < -0.3 is 20.2 Å². The summed E-state index contributed by atoms with van der Waals surface area (Å²) in [6.07, 6.45) is 1.36. The third kappa shape index (κ3) is 4.16. The molecule has 1 aliphatic rings. The highest BCUT2D eigenvalue weighted by atomic mass is 35.5. The van der Waals surface area contributed by atoms with Crippen LogP contribution >= 0.6 is 11.6 Å². The third-order valence-electron chi connectivity index (χ3n) is 8.37. The minimum absolute atomic E-state index is 0.270. The lowest BCUT2D eigenvalue weighted by atomic mass is 9.82. The summed E-state index contributed by atoms with van der Waals surface area (Å²) < 4.78 is 13.2. The summed E-state index contributed by atoms with van der Waals surface area (Å²) in [5, 5.41) is 8.14. The van der Waals surface area contributed by atoms with Gasteiger partial charge in [-0.15, -0.1) is 0 Å². The largest absolute Gasteiger partial charge is 0.497 e. The maximum atomic E-state index is 14.6. The number of hydrogen-bond donors (Lipinski definition) is 2. The van der Waals surface area contributed by atoms with E-state index in [1.165, 1.54) is 11.0 Å². The number of fused-ring (bicyclic) bond motifs is 4. The summed E-state index contributed by atoms with van der Waals surface area (Å²) in [7, 11) is 1.64. The summed E-state index contributed by atoms with van der Waals surface area (Å²) in [6, 6.07) is 27.2. The van der Waals surface area contributed by atoms with Crippen molar-refractivity contribution in [3.8, 4) is 28.6 Å². The van der Waals surface area contributed by atoms with Gasteiger partial charge >= 0.3 is 0 Å². The smallest absolute Gasteiger partial charge is 0.298 e. The average Bonchev–Trinajstić information content (AvgIpc) is 3.60. The van der Waals surface area contributed by atoms with Crippen molar-refractivity contribution in [1.82, 2.24) is 24.7 Å². The van der Waals surface area contributed by atoms with Crippen molar-refractivity contribution in [1.29, 1.82) is 0 Å². The van der Waals surface area contributed by atoms with E-state index >= 15 is 0 Å². The number of aromatic amines is 1. The van der Waals surface area contributed by atoms with Gasteiger partial charge in [0.05, 0.1) is 29.8 Å². The number of hydrogen-bond acceptors (Lipinski definition) is 7. The van der Waals surface area contributed by atoms with E-state index in [1.807, 2.05) is 85.8 Å². The third-order valence-corrected chi connectivity index (χ3v) is 8.61. The zero-order valence-corrected chi connectivity index (χ0v) is 25.0. The second-order valence-corrected chi connectivity index (χ2v) is 11.3. The van der Waals surface area contributed by atoms with Gasteiger partial charge in [0, 0.05) is 21.5 Å². The van der Waals surface area contributed by atoms with Gasteiger partial charge in [0.25, 0.3) is 5.91 Å². The average molecular weight is 613 g/mol. The van der Waals surface area contributed by atoms with E-state index in [4.69, 9.17) is 31.9 Å². The predicted octanol–water partition coefficient (Wildman–Crippen LogP) is 7.50. The molecule has 1 unspecified atom stereocenters. The molecule has 1 atom stereocenters. The van der Waals surface area contributed by atoms with Crippen LogP contribution in [0.2, 0.25) is 5.02 Å². The number of nitrogens with two attached hydrogens (primary N) is 1. The molecule has 220 valence electrons. The van der Waals surface area contributed by atoms with Crippen molar-refractivity contribution in [2.24, 2.45) is 0 Å². The van der Waals surface area contributed by atoms with Crippen molar-refractivity contribution in [3.05, 3.63) is 124 Å². The van der Waals surface area contributed by atoms with Gasteiger partial charge in [-0.3, -0.25) is 4.79 Å². The first kappa shape index (κ1) is 26.9. The lowest BCUT2D eigenvalue weighted by Crippen LogP contribution is -2.20. The monoisotopic (exact) mass is 612 g/mol. The van der Waals surface area contributed by atoms with Gasteiger partial charge in [-0.05, 0) is 59.2 Å². The maximum Gasteiger partial charge on any atom is 0.298 e. The Hall–Kier alpha value is -5.67. The van der Waals surface area contributed by atoms with Crippen molar-refractivity contribution < 1.29 is 14.3 Å². The number of aromatic nitrogens is 5. The number of aryl methyl sites for hydroxylation is 1. The van der Waals surface area contributed by atoms with E-state index in [0.29, 0.717) is 33.4 Å². The fraction of sp³-hybridized carbons (Fsp3) is 0.0857. The topological polar surface area (TPSA) is 121 Å². The Labute approximate surface area is 262 Å². The highest BCUT2D eigenvalue weighted by Crippen LogP contribution is 2.51. The Bertz CT molecular complexity index is 2310. The normalized spacial score (nSPS) is 13.8. The number of halogens is 1. The molecule has 0 spiro atoms. The molecule has 0 bridgehead atoms. The number of nitrogens with zero attached hydrogens (tertiary/aromatic N) is 4. The molecule has 3 N–H and O–H groups in total. The number of rotatable bonds is 4. The Balaban J connectivity index is 1.36. The molecule has 8 rings (SSSR count). The zero-order valence-electron chi connectivity index (χ0n) is 24.2. The molecule has 4 aromatic carbocycles. The van der Waals surface area contributed by atoms with Crippen LogP contribution in [0.5, 0.6) is 17.5 Å². The van der Waals surface area contributed by atoms with Crippen LogP contribution in [-0.4, -0.2) is 37.7 Å². The van der Waals surface area contributed by atoms with E-state index < -0.39 is 11.8 Å². The van der Waals surface area contributed by atoms with E-state index in [-0.39, 0.29) is 11.8 Å². The fourth-order valence-electron chi connectivity index (χ4n) is 6.38. The number of methoxy groups -OCH3 is 1. The molecule has 1 aliphatic heterocycles. The summed E-state index contributed by atoms with van der Waals surface area (Å²) >= 11 is 6.41. The molecular weight excluding hydrogens is 588 g/mol. The molecule has 7 aromatic rings. The molecule has 0 aliphatic carbocycles. The predicted molar refractivity (Wildman–Crippen MR) is 173 cm³/mol. The standard InChI is InChI=1S/C35H25ClN6O3/c1-18-27-29(24-10-6-9-20-15-22(44-2)12-13-23(20)24)30-32(37)38-17-39-33(30)45-35(27)42(41-18)34(43)31-28(19-7-4-3-5-8-19)25-16-21(36)11-14-26(25)40-31/h3-17,29,40H,1-2H3,(H2,37,38,39). The lowest BCUT2D eigenvalue weighted by molar-refractivity contribution is 0.0931. The molecule has 0 saturated heterocycles. The molecule has 0 amide bonds. The van der Waals surface area contributed by atoms with Crippen LogP contribution < -0.4 is 15.2 Å². The first-order valence-electron chi connectivity index (χ1n) is 14.3. The lowest BCUT2D eigenvalue weighted by Gasteiger charge is -2.27. The summed E-state index contributed by atoms with van der Waals surface area (Å²) in [5.41, 5.74) is 12.1. The number of nitrogen functional groups attached to an aromatic ring is 1. The van der Waals surface area contributed by atoms with Gasteiger partial charge in [0.2, 0.25) is 11.8 Å². The van der Waals surface area contributed by atoms with Gasteiger partial charge in [-0.25, -0.2) is 9.97 Å². The van der Waals surface area contributed by atoms with Crippen molar-refractivity contribution >= 4 is 45.0 Å². The van der Waals surface area contributed by atoms with E-state index in [9.17, 15) is 4.79 Å². The highest BCUT2D eigenvalue weighted by Gasteiger charge is 2.39. The minimum atomic E-state index is -0.460. The van der Waals surface area contributed by atoms with Crippen LogP contribution in [-0.2, 0) is 0 Å². The number of carbonyl (C=O) groups excluding carboxylic acids is 1. The molecule has 0 saturated carbocycles. The second-order valence-electron chi connectivity index (χ2n) is 10.9. The van der Waals surface area contributed by atoms with Crippen LogP contribution in [0.25, 0.3) is 32.8 Å². The van der Waals surface area contributed by atoms with E-state index in [1.54, 1.807) is 13.2 Å². The van der Waals surface area contributed by atoms with Crippen LogP contribution in [0.1, 0.15) is 38.8 Å². The summed E-state index contributed by atoms with van der Waals surface area (Å²) in [4.78, 5) is 26.6. The van der Waals surface area contributed by atoms with Crippen LogP contribution in [0, 0.1) is 6.92 Å². The Kier molecular flexibility index (Phi) is 6.11. The van der Waals surface area contributed by atoms with Crippen LogP contribution in [0.3, 0.4) is 0 Å². The van der Waals surface area contributed by atoms with Gasteiger partial charge in [-0.1, -0.05) is 66.2 Å². The van der Waals surface area contributed by atoms with Crippen molar-refractivity contribution in [2.45, 2.75) is 12.8 Å². The van der Waals surface area contributed by atoms with Gasteiger partial charge in [0.15, 0.2) is 0 Å². The van der Waals surface area contributed by atoms with Gasteiger partial charge in [0.1, 0.15) is 23.6 Å². The van der Waals surface area contributed by atoms with Gasteiger partial charge in [-0.2, -0.15) is 9.78 Å². The molecule has 9 nitrogen and oxygen atoms in total. The summed E-state index contributed by atoms with van der Waals surface area (Å²) in [6.45, 7) is 1.86. The first-order chi connectivity index (χ1) is 21.9. The Morgan fingerprint density at radius 1 is 0.978 bits per heavy atom. The van der Waals surface area contributed by atoms with E-state index in [0.717, 1.165) is 44.1 Å². The highest BCUT2D eigenvalue weighted by molar-refractivity contribution is 6.31. The fourth-order valence-corrected chi connectivity index (χ4v) is 6.55. The molecule has 0 fully saturated rings. The molecule has 45 heavy (non-hydrogen) atoms. The molecule has 10 heteroatoms. The van der Waals surface area contributed by atoms with Crippen LogP contribution in [0.15, 0.2) is 91.3 Å². The number of H-pyrrole nitrogens is 1. The SMILES string of the molecule is COc1ccc2c(C3c4c(N)ncnc4Oc4c3c(C)nn4C(=O)c3[nH]c4ccc(Cl)cc4c3-c3ccccc3)cccc2c1. The maximum absolute atomic E-state index is 14.6. The quantitative estimate of drug-likeness (QED) is 0.211. The number of benzene rings is 4. The Morgan fingerprint density at radius 3 is 2.64 bits per heavy atom. The molecular formula is C35H25ClN6O3. The molecule has 4 heterocycles.